The summed E-state index contributed by atoms with van der Waals surface area (Å²) in [5, 5.41) is 12.3. The molecule has 0 bridgehead atoms. The molecule has 2 aromatic rings. The second kappa shape index (κ2) is 6.05. The number of aliphatic carboxylic acids is 1. The average molecular weight is 301 g/mol. The first kappa shape index (κ1) is 15.8. The number of carboxylic acids is 1. The molecule has 5 nitrogen and oxygen atoms in total. The van der Waals surface area contributed by atoms with Crippen LogP contribution in [0.5, 0.6) is 0 Å². The zero-order valence-corrected chi connectivity index (χ0v) is 12.8. The molecule has 0 aliphatic heterocycles. The molecular weight excluding hydrogens is 282 g/mol. The Bertz CT molecular complexity index is 690. The van der Waals surface area contributed by atoms with Crippen LogP contribution in [0.2, 0.25) is 0 Å². The molecule has 0 aliphatic rings. The fourth-order valence-electron chi connectivity index (χ4n) is 2.32. The summed E-state index contributed by atoms with van der Waals surface area (Å²) in [6.07, 6.45) is 0. The number of carbonyl (C=O) groups excluding carboxylic acids is 1. The highest BCUT2D eigenvalue weighted by molar-refractivity contribution is 5.95. The maximum atomic E-state index is 12.2. The highest BCUT2D eigenvalue weighted by Crippen LogP contribution is 2.23. The first-order chi connectivity index (χ1) is 10.3. The summed E-state index contributed by atoms with van der Waals surface area (Å²) in [6, 6.07) is 10.5. The van der Waals surface area contributed by atoms with Gasteiger partial charge in [0.25, 0.3) is 5.91 Å². The van der Waals surface area contributed by atoms with Gasteiger partial charge in [-0.15, -0.1) is 0 Å². The van der Waals surface area contributed by atoms with Crippen molar-refractivity contribution < 1.29 is 19.1 Å². The van der Waals surface area contributed by atoms with E-state index in [-0.39, 0.29) is 12.5 Å². The van der Waals surface area contributed by atoms with Crippen molar-refractivity contribution in [3.05, 3.63) is 59.0 Å². The lowest BCUT2D eigenvalue weighted by atomic mass is 9.82. The predicted molar refractivity (Wildman–Crippen MR) is 81.9 cm³/mol. The lowest BCUT2D eigenvalue weighted by Gasteiger charge is -2.25. The molecule has 1 amide bonds. The minimum absolute atomic E-state index is 0.00511. The van der Waals surface area contributed by atoms with Crippen LogP contribution in [0.15, 0.2) is 40.8 Å². The molecule has 1 unspecified atom stereocenters. The van der Waals surface area contributed by atoms with Gasteiger partial charge in [-0.05, 0) is 32.4 Å². The minimum atomic E-state index is -1.19. The second-order valence-electron chi connectivity index (χ2n) is 5.51. The Morgan fingerprint density at radius 2 is 1.86 bits per heavy atom. The molecule has 0 saturated carbocycles. The fourth-order valence-corrected chi connectivity index (χ4v) is 2.32. The van der Waals surface area contributed by atoms with Crippen molar-refractivity contribution in [1.29, 1.82) is 0 Å². The molecule has 2 N–H and O–H groups in total. The molecule has 5 heteroatoms. The van der Waals surface area contributed by atoms with Crippen LogP contribution in [0.25, 0.3) is 0 Å². The van der Waals surface area contributed by atoms with Crippen LogP contribution < -0.4 is 5.32 Å². The normalized spacial score (nSPS) is 13.4. The first-order valence-corrected chi connectivity index (χ1v) is 6.99. The van der Waals surface area contributed by atoms with Crippen molar-refractivity contribution in [3.8, 4) is 0 Å². The smallest absolute Gasteiger partial charge is 0.315 e. The molecule has 0 fully saturated rings. The number of carboxylic acid groups (broad SMARTS) is 1. The Morgan fingerprint density at radius 3 is 2.36 bits per heavy atom. The van der Waals surface area contributed by atoms with Gasteiger partial charge >= 0.3 is 5.97 Å². The van der Waals surface area contributed by atoms with Gasteiger partial charge in [0.2, 0.25) is 0 Å². The van der Waals surface area contributed by atoms with Gasteiger partial charge in [0.1, 0.15) is 16.9 Å². The molecule has 22 heavy (non-hydrogen) atoms. The molecule has 0 saturated heterocycles. The van der Waals surface area contributed by atoms with Gasteiger partial charge in [0.15, 0.2) is 0 Å². The standard InChI is InChI=1S/C17H19NO4/c1-11-9-14(12(2)22-11)15(19)18-10-17(3,16(20)21)13-7-5-4-6-8-13/h4-9H,10H2,1-3H3,(H,18,19)(H,20,21). The summed E-state index contributed by atoms with van der Waals surface area (Å²) in [4.78, 5) is 23.9. The summed E-state index contributed by atoms with van der Waals surface area (Å²) in [6.45, 7) is 5.05. The van der Waals surface area contributed by atoms with E-state index in [1.54, 1.807) is 51.1 Å². The molecule has 0 spiro atoms. The number of amides is 1. The maximum absolute atomic E-state index is 12.2. The van der Waals surface area contributed by atoms with Gasteiger partial charge in [-0.3, -0.25) is 9.59 Å². The topological polar surface area (TPSA) is 79.5 Å². The number of rotatable bonds is 5. The molecule has 0 radical (unpaired) electrons. The van der Waals surface area contributed by atoms with Crippen LogP contribution in [0.4, 0.5) is 0 Å². The van der Waals surface area contributed by atoms with E-state index in [9.17, 15) is 14.7 Å². The van der Waals surface area contributed by atoms with Gasteiger partial charge in [0, 0.05) is 6.54 Å². The van der Waals surface area contributed by atoms with Crippen LogP contribution in [0.3, 0.4) is 0 Å². The lowest BCUT2D eigenvalue weighted by Crippen LogP contribution is -2.44. The summed E-state index contributed by atoms with van der Waals surface area (Å²) in [5.74, 6) is -0.157. The molecule has 2 rings (SSSR count). The highest BCUT2D eigenvalue weighted by Gasteiger charge is 2.35. The summed E-state index contributed by atoms with van der Waals surface area (Å²) < 4.78 is 5.32. The van der Waals surface area contributed by atoms with Crippen LogP contribution in [-0.4, -0.2) is 23.5 Å². The van der Waals surface area contributed by atoms with Crippen molar-refractivity contribution in [3.63, 3.8) is 0 Å². The van der Waals surface area contributed by atoms with Crippen LogP contribution in [0.1, 0.15) is 34.4 Å². The Kier molecular flexibility index (Phi) is 4.35. The molecule has 1 aromatic heterocycles. The molecule has 1 heterocycles. The first-order valence-electron chi connectivity index (χ1n) is 6.99. The van der Waals surface area contributed by atoms with Crippen molar-refractivity contribution in [1.82, 2.24) is 5.32 Å². The zero-order valence-electron chi connectivity index (χ0n) is 12.8. The van der Waals surface area contributed by atoms with E-state index in [1.165, 1.54) is 0 Å². The molecule has 1 aromatic carbocycles. The van der Waals surface area contributed by atoms with E-state index >= 15 is 0 Å². The summed E-state index contributed by atoms with van der Waals surface area (Å²) >= 11 is 0. The van der Waals surface area contributed by atoms with Crippen molar-refractivity contribution in [2.45, 2.75) is 26.2 Å². The number of benzene rings is 1. The number of carbonyl (C=O) groups is 2. The van der Waals surface area contributed by atoms with Gasteiger partial charge in [0.05, 0.1) is 5.56 Å². The van der Waals surface area contributed by atoms with E-state index < -0.39 is 11.4 Å². The molecule has 1 atom stereocenters. The van der Waals surface area contributed by atoms with Crippen LogP contribution >= 0.6 is 0 Å². The Balaban J connectivity index is 2.18. The summed E-state index contributed by atoms with van der Waals surface area (Å²) in [5.41, 5.74) is -0.120. The summed E-state index contributed by atoms with van der Waals surface area (Å²) in [7, 11) is 0. The number of furan rings is 1. The van der Waals surface area contributed by atoms with Crippen molar-refractivity contribution in [2.24, 2.45) is 0 Å². The van der Waals surface area contributed by atoms with Crippen LogP contribution in [-0.2, 0) is 10.2 Å². The third-order valence-electron chi connectivity index (χ3n) is 3.77. The second-order valence-corrected chi connectivity index (χ2v) is 5.51. The predicted octanol–water partition coefficient (Wildman–Crippen LogP) is 2.67. The zero-order chi connectivity index (χ0) is 16.3. The highest BCUT2D eigenvalue weighted by atomic mass is 16.4. The maximum Gasteiger partial charge on any atom is 0.315 e. The lowest BCUT2D eigenvalue weighted by molar-refractivity contribution is -0.142. The van der Waals surface area contributed by atoms with E-state index in [0.29, 0.717) is 22.6 Å². The molecular formula is C17H19NO4. The van der Waals surface area contributed by atoms with E-state index in [1.807, 2.05) is 6.07 Å². The van der Waals surface area contributed by atoms with Crippen LogP contribution in [0, 0.1) is 13.8 Å². The number of hydrogen-bond donors (Lipinski definition) is 2. The van der Waals surface area contributed by atoms with Gasteiger partial charge < -0.3 is 14.8 Å². The largest absolute Gasteiger partial charge is 0.481 e. The fraction of sp³-hybridized carbons (Fsp3) is 0.294. The van der Waals surface area contributed by atoms with E-state index in [4.69, 9.17) is 4.42 Å². The quantitative estimate of drug-likeness (QED) is 0.890. The third kappa shape index (κ3) is 3.03. The Labute approximate surface area is 129 Å². The average Bonchev–Trinajstić information content (AvgIpc) is 2.84. The van der Waals surface area contributed by atoms with Gasteiger partial charge in [-0.1, -0.05) is 30.3 Å². The van der Waals surface area contributed by atoms with Crippen molar-refractivity contribution >= 4 is 11.9 Å². The minimum Gasteiger partial charge on any atom is -0.481 e. The van der Waals surface area contributed by atoms with E-state index in [0.717, 1.165) is 0 Å². The molecule has 0 aliphatic carbocycles. The van der Waals surface area contributed by atoms with Gasteiger partial charge in [-0.25, -0.2) is 0 Å². The number of aryl methyl sites for hydroxylation is 2. The molecule has 116 valence electrons. The Hall–Kier alpha value is -2.56. The number of hydrogen-bond acceptors (Lipinski definition) is 3. The van der Waals surface area contributed by atoms with Crippen molar-refractivity contribution in [2.75, 3.05) is 6.54 Å². The monoisotopic (exact) mass is 301 g/mol. The van der Waals surface area contributed by atoms with Gasteiger partial charge in [-0.2, -0.15) is 0 Å². The van der Waals surface area contributed by atoms with E-state index in [2.05, 4.69) is 5.32 Å². The Morgan fingerprint density at radius 1 is 1.23 bits per heavy atom. The number of nitrogens with one attached hydrogen (secondary N) is 1. The SMILES string of the molecule is Cc1cc(C(=O)NCC(C)(C(=O)O)c2ccccc2)c(C)o1. The third-order valence-corrected chi connectivity index (χ3v) is 3.77.